The number of anilines is 2. The number of rotatable bonds is 6. The molecule has 1 heterocycles. The predicted molar refractivity (Wildman–Crippen MR) is 113 cm³/mol. The molecule has 0 saturated carbocycles. The van der Waals surface area contributed by atoms with Gasteiger partial charge in [-0.3, -0.25) is 9.63 Å². The van der Waals surface area contributed by atoms with Gasteiger partial charge in [0.1, 0.15) is 0 Å². The lowest BCUT2D eigenvalue weighted by atomic mass is 9.99. The molecule has 2 aromatic carbocycles. The molecule has 0 spiro atoms. The Balaban J connectivity index is 1.64. The third-order valence-corrected chi connectivity index (χ3v) is 6.98. The summed E-state index contributed by atoms with van der Waals surface area (Å²) in [5.41, 5.74) is 2.23. The maximum absolute atomic E-state index is 12.5. The highest BCUT2D eigenvalue weighted by molar-refractivity contribution is 7.89. The van der Waals surface area contributed by atoms with Crippen molar-refractivity contribution in [2.75, 3.05) is 37.5 Å². The third-order valence-electron chi connectivity index (χ3n) is 5.28. The van der Waals surface area contributed by atoms with Crippen molar-refractivity contribution in [2.24, 2.45) is 5.92 Å². The molecule has 29 heavy (non-hydrogen) atoms. The number of hydroxylamine groups is 1. The average molecular weight is 418 g/mol. The van der Waals surface area contributed by atoms with Crippen molar-refractivity contribution >= 4 is 27.3 Å². The van der Waals surface area contributed by atoms with Crippen LogP contribution in [0.15, 0.2) is 53.4 Å². The molecule has 2 aromatic rings. The summed E-state index contributed by atoms with van der Waals surface area (Å²) in [6.07, 6.45) is 2.40. The highest BCUT2D eigenvalue weighted by atomic mass is 32.2. The number of hydrogen-bond acceptors (Lipinski definition) is 5. The van der Waals surface area contributed by atoms with Gasteiger partial charge < -0.3 is 10.2 Å². The number of sulfonamides is 1. The van der Waals surface area contributed by atoms with E-state index < -0.39 is 10.0 Å². The minimum absolute atomic E-state index is 0.0543. The molecular weight excluding hydrogens is 390 g/mol. The van der Waals surface area contributed by atoms with E-state index in [0.29, 0.717) is 11.3 Å². The molecule has 1 fully saturated rings. The van der Waals surface area contributed by atoms with Crippen molar-refractivity contribution in [2.45, 2.75) is 24.7 Å². The molecule has 0 radical (unpaired) electrons. The zero-order valence-corrected chi connectivity index (χ0v) is 17.8. The van der Waals surface area contributed by atoms with E-state index in [1.807, 2.05) is 24.3 Å². The number of nitrogens with one attached hydrogen (secondary N) is 1. The first-order chi connectivity index (χ1) is 13.8. The van der Waals surface area contributed by atoms with E-state index >= 15 is 0 Å². The van der Waals surface area contributed by atoms with Crippen LogP contribution in [0.4, 0.5) is 11.4 Å². The lowest BCUT2D eigenvalue weighted by molar-refractivity contribution is -0.0258. The fourth-order valence-corrected chi connectivity index (χ4v) is 4.22. The monoisotopic (exact) mass is 417 g/mol. The van der Waals surface area contributed by atoms with Crippen molar-refractivity contribution in [1.82, 2.24) is 4.47 Å². The fourth-order valence-electron chi connectivity index (χ4n) is 3.25. The van der Waals surface area contributed by atoms with Gasteiger partial charge in [0, 0.05) is 37.1 Å². The zero-order valence-electron chi connectivity index (χ0n) is 17.0. The first kappa shape index (κ1) is 21.3. The summed E-state index contributed by atoms with van der Waals surface area (Å²) in [7, 11) is -1.15. The molecule has 7 nitrogen and oxygen atoms in total. The van der Waals surface area contributed by atoms with Crippen LogP contribution in [-0.4, -0.2) is 46.0 Å². The first-order valence-corrected chi connectivity index (χ1v) is 11.0. The molecule has 0 bridgehead atoms. The Morgan fingerprint density at radius 1 is 1.07 bits per heavy atom. The minimum atomic E-state index is -3.73. The number of hydrogen-bond donors (Lipinski definition) is 1. The molecule has 156 valence electrons. The van der Waals surface area contributed by atoms with Crippen LogP contribution < -0.4 is 10.2 Å². The van der Waals surface area contributed by atoms with Gasteiger partial charge in [-0.25, -0.2) is 8.42 Å². The van der Waals surface area contributed by atoms with E-state index in [2.05, 4.69) is 17.1 Å². The molecule has 1 aliphatic rings. The largest absolute Gasteiger partial charge is 0.372 e. The van der Waals surface area contributed by atoms with E-state index in [1.54, 1.807) is 0 Å². The van der Waals surface area contributed by atoms with Crippen molar-refractivity contribution in [1.29, 1.82) is 0 Å². The number of nitrogens with zero attached hydrogens (tertiary/aromatic N) is 2. The third kappa shape index (κ3) is 4.95. The van der Waals surface area contributed by atoms with Gasteiger partial charge in [-0.05, 0) is 67.3 Å². The van der Waals surface area contributed by atoms with Crippen LogP contribution in [0.3, 0.4) is 0 Å². The summed E-state index contributed by atoms with van der Waals surface area (Å²) >= 11 is 0. The molecule has 0 unspecified atom stereocenters. The number of piperidine rings is 1. The Morgan fingerprint density at radius 2 is 1.66 bits per heavy atom. The Kier molecular flexibility index (Phi) is 6.56. The summed E-state index contributed by atoms with van der Waals surface area (Å²) in [5, 5.41) is 2.85. The van der Waals surface area contributed by atoms with E-state index in [1.165, 1.54) is 51.3 Å². The van der Waals surface area contributed by atoms with Crippen molar-refractivity contribution < 1.29 is 18.0 Å². The highest BCUT2D eigenvalue weighted by Crippen LogP contribution is 2.24. The highest BCUT2D eigenvalue weighted by Gasteiger charge is 2.21. The smallest absolute Gasteiger partial charge is 0.264 e. The second kappa shape index (κ2) is 8.94. The Labute approximate surface area is 172 Å². The van der Waals surface area contributed by atoms with Crippen molar-refractivity contribution in [3.8, 4) is 0 Å². The molecule has 1 N–H and O–H groups in total. The van der Waals surface area contributed by atoms with Gasteiger partial charge in [0.25, 0.3) is 15.9 Å². The van der Waals surface area contributed by atoms with Gasteiger partial charge >= 0.3 is 0 Å². The Morgan fingerprint density at radius 3 is 2.21 bits per heavy atom. The van der Waals surface area contributed by atoms with Crippen LogP contribution in [0.5, 0.6) is 0 Å². The van der Waals surface area contributed by atoms with Crippen LogP contribution in [0.25, 0.3) is 0 Å². The molecule has 0 aromatic heterocycles. The summed E-state index contributed by atoms with van der Waals surface area (Å²) in [5.74, 6) is 0.481. The fraction of sp³-hybridized carbons (Fsp3) is 0.381. The minimum Gasteiger partial charge on any atom is -0.372 e. The van der Waals surface area contributed by atoms with Crippen LogP contribution in [0.2, 0.25) is 0 Å². The topological polar surface area (TPSA) is 78.9 Å². The lowest BCUT2D eigenvalue weighted by Gasteiger charge is -2.32. The molecule has 1 saturated heterocycles. The van der Waals surface area contributed by atoms with Crippen LogP contribution in [0, 0.1) is 5.92 Å². The summed E-state index contributed by atoms with van der Waals surface area (Å²) in [6, 6.07) is 13.5. The Hall–Kier alpha value is -2.42. The quantitative estimate of drug-likeness (QED) is 0.729. The second-order valence-corrected chi connectivity index (χ2v) is 9.23. The number of benzene rings is 2. The zero-order chi connectivity index (χ0) is 21.0. The second-order valence-electron chi connectivity index (χ2n) is 7.29. The van der Waals surface area contributed by atoms with Gasteiger partial charge in [0.15, 0.2) is 0 Å². The number of carbonyl (C=O) groups excluding carboxylic acids is 1. The van der Waals surface area contributed by atoms with Crippen molar-refractivity contribution in [3.05, 3.63) is 54.1 Å². The number of carbonyl (C=O) groups is 1. The van der Waals surface area contributed by atoms with Crippen LogP contribution in [-0.2, 0) is 14.9 Å². The lowest BCUT2D eigenvalue weighted by Crippen LogP contribution is -2.32. The van der Waals surface area contributed by atoms with E-state index in [0.717, 1.165) is 29.2 Å². The van der Waals surface area contributed by atoms with Gasteiger partial charge in [-0.1, -0.05) is 11.4 Å². The maximum atomic E-state index is 12.5. The van der Waals surface area contributed by atoms with Gasteiger partial charge in [-0.2, -0.15) is 0 Å². The van der Waals surface area contributed by atoms with Crippen LogP contribution in [0.1, 0.15) is 30.1 Å². The Bertz CT molecular complexity index is 935. The van der Waals surface area contributed by atoms with E-state index in [4.69, 9.17) is 4.84 Å². The average Bonchev–Trinajstić information content (AvgIpc) is 2.74. The molecule has 0 atom stereocenters. The normalized spacial score (nSPS) is 15.5. The standard InChI is InChI=1S/C21H27N3O4S/c1-16-12-14-24(15-13-16)19-8-6-18(7-9-19)22-21(25)17-4-10-20(11-5-17)29(26,27)23(2)28-3/h4-11,16H,12-15H2,1-3H3,(H,22,25). The summed E-state index contributed by atoms with van der Waals surface area (Å²) < 4.78 is 25.2. The molecule has 1 aliphatic heterocycles. The molecule has 8 heteroatoms. The molecule has 3 rings (SSSR count). The summed E-state index contributed by atoms with van der Waals surface area (Å²) in [4.78, 5) is 19.6. The van der Waals surface area contributed by atoms with Gasteiger partial charge in [-0.15, -0.1) is 0 Å². The maximum Gasteiger partial charge on any atom is 0.264 e. The molecule has 1 amide bonds. The van der Waals surface area contributed by atoms with Crippen LogP contribution >= 0.6 is 0 Å². The SMILES string of the molecule is CON(C)S(=O)(=O)c1ccc(C(=O)Nc2ccc(N3CCC(C)CC3)cc2)cc1. The first-order valence-electron chi connectivity index (χ1n) is 9.60. The van der Waals surface area contributed by atoms with E-state index in [-0.39, 0.29) is 10.8 Å². The molecular formula is C21H27N3O4S. The molecule has 0 aliphatic carbocycles. The van der Waals surface area contributed by atoms with E-state index in [9.17, 15) is 13.2 Å². The number of amides is 1. The van der Waals surface area contributed by atoms with Crippen molar-refractivity contribution in [3.63, 3.8) is 0 Å². The predicted octanol–water partition coefficient (Wildman–Crippen LogP) is 3.36. The van der Waals surface area contributed by atoms with Gasteiger partial charge in [0.05, 0.1) is 12.0 Å². The summed E-state index contributed by atoms with van der Waals surface area (Å²) in [6.45, 7) is 4.40. The van der Waals surface area contributed by atoms with Gasteiger partial charge in [0.2, 0.25) is 0 Å².